The maximum atomic E-state index is 10.6. The highest BCUT2D eigenvalue weighted by atomic mass is 32.1. The van der Waals surface area contributed by atoms with Crippen LogP contribution in [0.15, 0.2) is 6.20 Å². The second-order valence-electron chi connectivity index (χ2n) is 5.29. The number of likely N-dealkylation sites (tertiary alicyclic amines) is 1. The highest BCUT2D eigenvalue weighted by Gasteiger charge is 2.35. The van der Waals surface area contributed by atoms with Crippen LogP contribution in [0.5, 0.6) is 0 Å². The van der Waals surface area contributed by atoms with Crippen LogP contribution in [0.3, 0.4) is 0 Å². The van der Waals surface area contributed by atoms with Crippen molar-refractivity contribution >= 4 is 16.5 Å². The lowest BCUT2D eigenvalue weighted by atomic mass is 9.90. The Morgan fingerprint density at radius 1 is 1.53 bits per heavy atom. The average molecular weight is 255 g/mol. The molecule has 17 heavy (non-hydrogen) atoms. The van der Waals surface area contributed by atoms with Gasteiger partial charge in [0.05, 0.1) is 4.88 Å². The molecule has 0 aliphatic carbocycles. The van der Waals surface area contributed by atoms with Crippen LogP contribution < -0.4 is 5.73 Å². The Kier molecular flexibility index (Phi) is 3.70. The van der Waals surface area contributed by atoms with Gasteiger partial charge in [-0.2, -0.15) is 0 Å². The molecule has 1 aromatic heterocycles. The normalized spacial score (nSPS) is 20.9. The molecule has 1 aromatic rings. The van der Waals surface area contributed by atoms with Crippen molar-refractivity contribution in [2.75, 3.05) is 25.4 Å². The van der Waals surface area contributed by atoms with Gasteiger partial charge in [0, 0.05) is 25.8 Å². The summed E-state index contributed by atoms with van der Waals surface area (Å²) in [6, 6.07) is 0. The van der Waals surface area contributed by atoms with Gasteiger partial charge < -0.3 is 15.7 Å². The van der Waals surface area contributed by atoms with E-state index >= 15 is 0 Å². The third kappa shape index (κ3) is 2.97. The van der Waals surface area contributed by atoms with E-state index in [1.807, 2.05) is 0 Å². The quantitative estimate of drug-likeness (QED) is 0.862. The van der Waals surface area contributed by atoms with Gasteiger partial charge in [-0.3, -0.25) is 0 Å². The van der Waals surface area contributed by atoms with Gasteiger partial charge in [-0.25, -0.2) is 4.98 Å². The van der Waals surface area contributed by atoms with Crippen LogP contribution in [0.4, 0.5) is 5.13 Å². The molecule has 0 radical (unpaired) electrons. The molecule has 1 saturated heterocycles. The second-order valence-corrected chi connectivity index (χ2v) is 6.35. The first-order chi connectivity index (χ1) is 7.99. The smallest absolute Gasteiger partial charge is 0.180 e. The number of thiazole rings is 1. The maximum absolute atomic E-state index is 10.6. The number of nitrogens with zero attached hydrogens (tertiary/aromatic N) is 2. The average Bonchev–Trinajstić information content (AvgIpc) is 2.69. The number of aromatic nitrogens is 1. The molecule has 0 bridgehead atoms. The Labute approximate surface area is 106 Å². The largest absolute Gasteiger partial charge is 0.384 e. The van der Waals surface area contributed by atoms with E-state index < -0.39 is 5.60 Å². The summed E-state index contributed by atoms with van der Waals surface area (Å²) < 4.78 is 0. The van der Waals surface area contributed by atoms with Gasteiger partial charge in [0.25, 0.3) is 0 Å². The van der Waals surface area contributed by atoms with E-state index in [9.17, 15) is 5.11 Å². The second kappa shape index (κ2) is 4.92. The lowest BCUT2D eigenvalue weighted by Gasteiger charge is -2.38. The molecule has 1 aliphatic heterocycles. The molecule has 0 saturated carbocycles. The number of hydrogen-bond acceptors (Lipinski definition) is 5. The van der Waals surface area contributed by atoms with Gasteiger partial charge >= 0.3 is 0 Å². The molecule has 1 fully saturated rings. The molecule has 3 N–H and O–H groups in total. The summed E-state index contributed by atoms with van der Waals surface area (Å²) in [5, 5.41) is 11.1. The number of nitrogen functional groups attached to an aromatic ring is 1. The van der Waals surface area contributed by atoms with Gasteiger partial charge in [0.15, 0.2) is 5.13 Å². The van der Waals surface area contributed by atoms with Crippen molar-refractivity contribution in [3.8, 4) is 0 Å². The summed E-state index contributed by atoms with van der Waals surface area (Å²) in [5.41, 5.74) is 4.92. The van der Waals surface area contributed by atoms with E-state index in [0.29, 0.717) is 11.0 Å². The van der Waals surface area contributed by atoms with E-state index in [1.165, 1.54) is 11.3 Å². The van der Waals surface area contributed by atoms with Gasteiger partial charge in [-0.05, 0) is 18.8 Å². The number of piperidine rings is 1. The molecule has 5 heteroatoms. The first-order valence-corrected chi connectivity index (χ1v) is 6.98. The van der Waals surface area contributed by atoms with Gasteiger partial charge in [0.2, 0.25) is 0 Å². The highest BCUT2D eigenvalue weighted by Crippen LogP contribution is 2.36. The highest BCUT2D eigenvalue weighted by molar-refractivity contribution is 7.15. The van der Waals surface area contributed by atoms with E-state index in [0.717, 1.165) is 37.4 Å². The van der Waals surface area contributed by atoms with Crippen LogP contribution in [-0.4, -0.2) is 34.6 Å². The van der Waals surface area contributed by atoms with Gasteiger partial charge in [-0.15, -0.1) is 0 Å². The number of anilines is 1. The van der Waals surface area contributed by atoms with Crippen molar-refractivity contribution in [3.05, 3.63) is 11.1 Å². The fraction of sp³-hybridized carbons (Fsp3) is 0.750. The summed E-state index contributed by atoms with van der Waals surface area (Å²) in [6.07, 6.45) is 3.28. The summed E-state index contributed by atoms with van der Waals surface area (Å²) in [6.45, 7) is 7.47. The molecule has 0 spiro atoms. The van der Waals surface area contributed by atoms with E-state index in [-0.39, 0.29) is 0 Å². The Morgan fingerprint density at radius 3 is 2.65 bits per heavy atom. The predicted octanol–water partition coefficient (Wildman–Crippen LogP) is 1.66. The van der Waals surface area contributed by atoms with Gasteiger partial charge in [0.1, 0.15) is 5.60 Å². The van der Waals surface area contributed by atoms with Crippen molar-refractivity contribution in [2.24, 2.45) is 5.92 Å². The minimum atomic E-state index is -0.706. The van der Waals surface area contributed by atoms with Crippen molar-refractivity contribution in [3.63, 3.8) is 0 Å². The van der Waals surface area contributed by atoms with Crippen LogP contribution in [0.2, 0.25) is 0 Å². The Balaban J connectivity index is 1.97. The molecule has 0 unspecified atom stereocenters. The zero-order valence-corrected chi connectivity index (χ0v) is 11.3. The molecule has 0 amide bonds. The zero-order chi connectivity index (χ0) is 12.5. The summed E-state index contributed by atoms with van der Waals surface area (Å²) in [7, 11) is 0. The van der Waals surface area contributed by atoms with Crippen LogP contribution in [-0.2, 0) is 5.60 Å². The number of aliphatic hydroxyl groups is 1. The third-order valence-electron chi connectivity index (χ3n) is 3.29. The maximum Gasteiger partial charge on any atom is 0.180 e. The van der Waals surface area contributed by atoms with Crippen molar-refractivity contribution in [1.82, 2.24) is 9.88 Å². The monoisotopic (exact) mass is 255 g/mol. The molecule has 4 nitrogen and oxygen atoms in total. The van der Waals surface area contributed by atoms with Crippen molar-refractivity contribution in [2.45, 2.75) is 32.3 Å². The fourth-order valence-corrected chi connectivity index (χ4v) is 3.20. The van der Waals surface area contributed by atoms with Crippen LogP contribution in [0.25, 0.3) is 0 Å². The first-order valence-electron chi connectivity index (χ1n) is 6.16. The van der Waals surface area contributed by atoms with E-state index in [4.69, 9.17) is 5.73 Å². The van der Waals surface area contributed by atoms with Crippen LogP contribution in [0, 0.1) is 5.92 Å². The predicted molar refractivity (Wildman–Crippen MR) is 70.9 cm³/mol. The Morgan fingerprint density at radius 2 is 2.18 bits per heavy atom. The Bertz CT molecular complexity index is 370. The Hall–Kier alpha value is -0.650. The lowest BCUT2D eigenvalue weighted by Crippen LogP contribution is -2.43. The standard InChI is InChI=1S/C12H21N3OS/c1-9(2)8-15-5-3-12(16,4-6-15)10-7-14-11(13)17-10/h7,9,16H,3-6,8H2,1-2H3,(H2,13,14). The SMILES string of the molecule is CC(C)CN1CCC(O)(c2cnc(N)s2)CC1. The minimum absolute atomic E-state index is 0.540. The molecule has 2 rings (SSSR count). The van der Waals surface area contributed by atoms with Crippen molar-refractivity contribution in [1.29, 1.82) is 0 Å². The van der Waals surface area contributed by atoms with Crippen LogP contribution >= 0.6 is 11.3 Å². The molecule has 0 aromatic carbocycles. The van der Waals surface area contributed by atoms with E-state index in [2.05, 4.69) is 23.7 Å². The molecule has 96 valence electrons. The fourth-order valence-electron chi connectivity index (χ4n) is 2.37. The number of hydrogen-bond donors (Lipinski definition) is 2. The number of nitrogens with two attached hydrogens (primary N) is 1. The molecule has 2 heterocycles. The van der Waals surface area contributed by atoms with E-state index in [1.54, 1.807) is 6.20 Å². The van der Waals surface area contributed by atoms with Crippen molar-refractivity contribution < 1.29 is 5.11 Å². The molecular formula is C12H21N3OS. The number of rotatable bonds is 3. The lowest BCUT2D eigenvalue weighted by molar-refractivity contribution is -0.0252. The molecule has 0 atom stereocenters. The minimum Gasteiger partial charge on any atom is -0.384 e. The first kappa shape index (κ1) is 12.8. The summed E-state index contributed by atoms with van der Waals surface area (Å²) in [5.74, 6) is 0.681. The van der Waals surface area contributed by atoms with Crippen LogP contribution in [0.1, 0.15) is 31.6 Å². The van der Waals surface area contributed by atoms with Gasteiger partial charge in [-0.1, -0.05) is 25.2 Å². The molecule has 1 aliphatic rings. The third-order valence-corrected chi connectivity index (χ3v) is 4.31. The molecular weight excluding hydrogens is 234 g/mol. The topological polar surface area (TPSA) is 62.4 Å². The summed E-state index contributed by atoms with van der Waals surface area (Å²) >= 11 is 1.41. The summed E-state index contributed by atoms with van der Waals surface area (Å²) in [4.78, 5) is 7.36. The zero-order valence-electron chi connectivity index (χ0n) is 10.5.